The molecule has 1 N–H and O–H groups in total. The second-order valence-electron chi connectivity index (χ2n) is 10.8. The van der Waals surface area contributed by atoms with Gasteiger partial charge in [-0.2, -0.15) is 4.31 Å². The molecule has 10 heteroatoms. The average molecular weight is 587 g/mol. The van der Waals surface area contributed by atoms with Crippen LogP contribution in [0.1, 0.15) is 29.5 Å². The summed E-state index contributed by atoms with van der Waals surface area (Å²) in [5.74, 6) is -0.231. The molecule has 6 rings (SSSR count). The molecular formula is C32H34N4O5S. The van der Waals surface area contributed by atoms with Crippen molar-refractivity contribution in [1.82, 2.24) is 8.87 Å². The number of pyridine rings is 1. The van der Waals surface area contributed by atoms with E-state index in [0.29, 0.717) is 54.0 Å². The first-order valence-electron chi connectivity index (χ1n) is 14.2. The number of sulfonamides is 1. The van der Waals surface area contributed by atoms with Crippen LogP contribution in [0, 0.1) is 13.8 Å². The molecule has 2 fully saturated rings. The van der Waals surface area contributed by atoms with Gasteiger partial charge in [0.15, 0.2) is 0 Å². The van der Waals surface area contributed by atoms with Gasteiger partial charge in [-0.05, 0) is 74.2 Å². The summed E-state index contributed by atoms with van der Waals surface area (Å²) in [5, 5.41) is 12.5. The largest absolute Gasteiger partial charge is 0.494 e. The number of hydrogen-bond donors (Lipinski definition) is 1. The third-order valence-electron chi connectivity index (χ3n) is 8.19. The summed E-state index contributed by atoms with van der Waals surface area (Å²) in [6, 6.07) is 17.8. The van der Waals surface area contributed by atoms with Crippen LogP contribution in [0.15, 0.2) is 75.3 Å². The first kappa shape index (κ1) is 28.1. The van der Waals surface area contributed by atoms with E-state index in [1.54, 1.807) is 30.3 Å². The van der Waals surface area contributed by atoms with E-state index < -0.39 is 10.0 Å². The van der Waals surface area contributed by atoms with Crippen LogP contribution in [0.5, 0.6) is 5.88 Å². The molecule has 2 saturated heterocycles. The van der Waals surface area contributed by atoms with Crippen molar-refractivity contribution < 1.29 is 18.3 Å². The molecule has 9 nitrogen and oxygen atoms in total. The number of ether oxygens (including phenoxy) is 1. The lowest BCUT2D eigenvalue weighted by atomic mass is 10.1. The Morgan fingerprint density at radius 2 is 1.60 bits per heavy atom. The fourth-order valence-corrected chi connectivity index (χ4v) is 7.08. The van der Waals surface area contributed by atoms with Gasteiger partial charge in [0.2, 0.25) is 15.9 Å². The van der Waals surface area contributed by atoms with Crippen LogP contribution in [0.4, 0.5) is 11.4 Å². The molecule has 1 aromatic heterocycles. The fourth-order valence-electron chi connectivity index (χ4n) is 5.66. The number of fused-ring (bicyclic) bond motifs is 1. The molecule has 0 atom stereocenters. The molecule has 2 aliphatic heterocycles. The first-order valence-corrected chi connectivity index (χ1v) is 15.6. The summed E-state index contributed by atoms with van der Waals surface area (Å²) < 4.78 is 35.1. The minimum Gasteiger partial charge on any atom is -0.494 e. The molecule has 3 aromatic carbocycles. The van der Waals surface area contributed by atoms with Crippen molar-refractivity contribution in [3.8, 4) is 11.6 Å². The van der Waals surface area contributed by atoms with Gasteiger partial charge in [-0.15, -0.1) is 0 Å². The molecule has 0 aliphatic carbocycles. The van der Waals surface area contributed by atoms with Gasteiger partial charge in [0.05, 0.1) is 40.7 Å². The highest BCUT2D eigenvalue weighted by Gasteiger charge is 2.28. The Bertz CT molecular complexity index is 1850. The average Bonchev–Trinajstić information content (AvgIpc) is 3.54. The number of aliphatic imine (C=N–C) groups is 1. The van der Waals surface area contributed by atoms with Gasteiger partial charge in [-0.25, -0.2) is 13.0 Å². The zero-order valence-corrected chi connectivity index (χ0v) is 24.6. The molecule has 218 valence electrons. The Morgan fingerprint density at radius 1 is 0.881 bits per heavy atom. The number of aromatic hydroxyl groups is 1. The van der Waals surface area contributed by atoms with E-state index in [0.717, 1.165) is 42.7 Å². The molecule has 3 heterocycles. The standard InChI is InChI=1S/C32H34N4O5S/c1-22-9-10-24(19-23(22)2)36-31(37)27-8-4-3-7-26(27)28(32(36)38)21-33-29-20-25(11-12-30(29)34-13-5-6-14-34)42(39,40)35-15-17-41-18-16-35/h3-4,7-12,19-21,38H,5-6,13-18H2,1-2H3. The van der Waals surface area contributed by atoms with E-state index in [4.69, 9.17) is 9.73 Å². The molecule has 0 unspecified atom stereocenters. The van der Waals surface area contributed by atoms with Crippen molar-refractivity contribution in [2.75, 3.05) is 44.3 Å². The number of aromatic nitrogens is 1. The van der Waals surface area contributed by atoms with E-state index in [1.165, 1.54) is 15.1 Å². The van der Waals surface area contributed by atoms with Crippen molar-refractivity contribution in [3.05, 3.63) is 87.7 Å². The van der Waals surface area contributed by atoms with Crippen LogP contribution in [0.25, 0.3) is 16.5 Å². The monoisotopic (exact) mass is 586 g/mol. The van der Waals surface area contributed by atoms with Gasteiger partial charge in [0, 0.05) is 43.2 Å². The predicted octanol–water partition coefficient (Wildman–Crippen LogP) is 4.68. The van der Waals surface area contributed by atoms with Gasteiger partial charge in [-0.1, -0.05) is 24.3 Å². The van der Waals surface area contributed by atoms with Gasteiger partial charge < -0.3 is 14.7 Å². The normalized spacial score (nSPS) is 16.6. The lowest BCUT2D eigenvalue weighted by Gasteiger charge is -2.27. The highest BCUT2D eigenvalue weighted by molar-refractivity contribution is 7.89. The molecule has 0 bridgehead atoms. The van der Waals surface area contributed by atoms with Crippen LogP contribution in [-0.2, 0) is 14.8 Å². The summed E-state index contributed by atoms with van der Waals surface area (Å²) >= 11 is 0. The number of nitrogens with zero attached hydrogens (tertiary/aromatic N) is 4. The van der Waals surface area contributed by atoms with E-state index >= 15 is 0 Å². The van der Waals surface area contributed by atoms with Gasteiger partial charge >= 0.3 is 0 Å². The van der Waals surface area contributed by atoms with Crippen LogP contribution < -0.4 is 10.5 Å². The summed E-state index contributed by atoms with van der Waals surface area (Å²) in [7, 11) is -3.74. The maximum absolute atomic E-state index is 13.6. The van der Waals surface area contributed by atoms with E-state index in [1.807, 2.05) is 44.2 Å². The molecule has 4 aromatic rings. The number of morpholine rings is 1. The Hall–Kier alpha value is -3.99. The van der Waals surface area contributed by atoms with Gasteiger partial charge in [0.25, 0.3) is 5.56 Å². The molecule has 0 saturated carbocycles. The van der Waals surface area contributed by atoms with Crippen molar-refractivity contribution >= 4 is 38.4 Å². The molecular weight excluding hydrogens is 552 g/mol. The molecule has 2 aliphatic rings. The number of aryl methyl sites for hydroxylation is 2. The predicted molar refractivity (Wildman–Crippen MR) is 165 cm³/mol. The highest BCUT2D eigenvalue weighted by Crippen LogP contribution is 2.35. The highest BCUT2D eigenvalue weighted by atomic mass is 32.2. The third-order valence-corrected chi connectivity index (χ3v) is 10.1. The van der Waals surface area contributed by atoms with Crippen LogP contribution in [-0.4, -0.2) is 68.0 Å². The zero-order valence-electron chi connectivity index (χ0n) is 23.8. The van der Waals surface area contributed by atoms with Gasteiger partial charge in [-0.3, -0.25) is 9.79 Å². The first-order chi connectivity index (χ1) is 20.3. The van der Waals surface area contributed by atoms with Crippen molar-refractivity contribution in [1.29, 1.82) is 0 Å². The lowest BCUT2D eigenvalue weighted by Crippen LogP contribution is -2.40. The smallest absolute Gasteiger partial charge is 0.265 e. The maximum Gasteiger partial charge on any atom is 0.265 e. The fraction of sp³-hybridized carbons (Fsp3) is 0.312. The maximum atomic E-state index is 13.6. The molecule has 0 spiro atoms. The minimum atomic E-state index is -3.74. The van der Waals surface area contributed by atoms with Crippen molar-refractivity contribution in [2.24, 2.45) is 4.99 Å². The van der Waals surface area contributed by atoms with Crippen molar-refractivity contribution in [3.63, 3.8) is 0 Å². The second kappa shape index (κ2) is 11.4. The third kappa shape index (κ3) is 5.10. The Kier molecular flexibility index (Phi) is 7.61. The lowest BCUT2D eigenvalue weighted by molar-refractivity contribution is 0.0730. The Balaban J connectivity index is 1.51. The second-order valence-corrected chi connectivity index (χ2v) is 12.7. The van der Waals surface area contributed by atoms with Crippen LogP contribution in [0.2, 0.25) is 0 Å². The summed E-state index contributed by atoms with van der Waals surface area (Å²) in [5.41, 5.74) is 3.98. The number of rotatable bonds is 6. The van der Waals surface area contributed by atoms with Crippen LogP contribution >= 0.6 is 0 Å². The van der Waals surface area contributed by atoms with E-state index in [-0.39, 0.29) is 16.3 Å². The van der Waals surface area contributed by atoms with E-state index in [9.17, 15) is 18.3 Å². The number of anilines is 1. The zero-order chi connectivity index (χ0) is 29.4. The molecule has 42 heavy (non-hydrogen) atoms. The van der Waals surface area contributed by atoms with E-state index in [2.05, 4.69) is 4.90 Å². The topological polar surface area (TPSA) is 104 Å². The quantitative estimate of drug-likeness (QED) is 0.329. The number of benzene rings is 3. The Morgan fingerprint density at radius 3 is 2.31 bits per heavy atom. The Labute approximate surface area is 245 Å². The summed E-state index contributed by atoms with van der Waals surface area (Å²) in [4.78, 5) is 20.7. The summed E-state index contributed by atoms with van der Waals surface area (Å²) in [6.07, 6.45) is 3.63. The number of hydrogen-bond acceptors (Lipinski definition) is 7. The van der Waals surface area contributed by atoms with Crippen molar-refractivity contribution in [2.45, 2.75) is 31.6 Å². The van der Waals surface area contributed by atoms with Gasteiger partial charge in [0.1, 0.15) is 0 Å². The molecule has 0 radical (unpaired) electrons. The minimum absolute atomic E-state index is 0.161. The summed E-state index contributed by atoms with van der Waals surface area (Å²) in [6.45, 7) is 6.97. The SMILES string of the molecule is Cc1ccc(-n2c(O)c(C=Nc3cc(S(=O)(=O)N4CCOCC4)ccc3N3CCCC3)c3ccccc3c2=O)cc1C. The van der Waals surface area contributed by atoms with Crippen LogP contribution in [0.3, 0.4) is 0 Å². The molecule has 0 amide bonds.